The van der Waals surface area contributed by atoms with Gasteiger partial charge in [-0.15, -0.1) is 0 Å². The van der Waals surface area contributed by atoms with Crippen molar-refractivity contribution in [3.05, 3.63) is 40.9 Å². The molecular formula is C13H17Cl. The Bertz CT molecular complexity index is 307. The molecule has 76 valence electrons. The van der Waals surface area contributed by atoms with Crippen LogP contribution in [0.25, 0.3) is 5.57 Å². The third-order valence-electron chi connectivity index (χ3n) is 2.22. The number of allylic oxidation sites excluding steroid dienone is 2. The highest BCUT2D eigenvalue weighted by molar-refractivity contribution is 6.30. The monoisotopic (exact) mass is 208 g/mol. The van der Waals surface area contributed by atoms with E-state index >= 15 is 0 Å². The molecule has 0 radical (unpaired) electrons. The highest BCUT2D eigenvalue weighted by atomic mass is 35.5. The number of rotatable bonds is 3. The Balaban J connectivity index is 3.00. The van der Waals surface area contributed by atoms with Crippen molar-refractivity contribution in [3.63, 3.8) is 0 Å². The largest absolute Gasteiger partial charge is 0.0843 e. The fraction of sp³-hybridized carbons (Fsp3) is 0.385. The van der Waals surface area contributed by atoms with Gasteiger partial charge in [-0.25, -0.2) is 0 Å². The third-order valence-corrected chi connectivity index (χ3v) is 2.48. The third kappa shape index (κ3) is 2.88. The summed E-state index contributed by atoms with van der Waals surface area (Å²) >= 11 is 5.85. The maximum absolute atomic E-state index is 5.85. The van der Waals surface area contributed by atoms with Crippen molar-refractivity contribution in [1.29, 1.82) is 0 Å². The van der Waals surface area contributed by atoms with Gasteiger partial charge in [0.1, 0.15) is 0 Å². The average Bonchev–Trinajstić information content (AvgIpc) is 2.15. The first-order valence-corrected chi connectivity index (χ1v) is 5.49. The van der Waals surface area contributed by atoms with E-state index in [1.165, 1.54) is 11.1 Å². The topological polar surface area (TPSA) is 0 Å². The van der Waals surface area contributed by atoms with Crippen LogP contribution in [0, 0.1) is 5.92 Å². The van der Waals surface area contributed by atoms with Gasteiger partial charge in [0, 0.05) is 5.02 Å². The van der Waals surface area contributed by atoms with E-state index in [1.54, 1.807) is 0 Å². The fourth-order valence-corrected chi connectivity index (χ4v) is 1.68. The Morgan fingerprint density at radius 3 is 2.29 bits per heavy atom. The highest BCUT2D eigenvalue weighted by Gasteiger charge is 2.04. The first-order chi connectivity index (χ1) is 6.65. The van der Waals surface area contributed by atoms with Gasteiger partial charge >= 0.3 is 0 Å². The van der Waals surface area contributed by atoms with Crippen molar-refractivity contribution in [2.45, 2.75) is 27.2 Å². The smallest absolute Gasteiger partial charge is 0.0406 e. The van der Waals surface area contributed by atoms with E-state index in [0.717, 1.165) is 11.4 Å². The van der Waals surface area contributed by atoms with Crippen LogP contribution in [-0.2, 0) is 0 Å². The molecule has 1 aromatic rings. The van der Waals surface area contributed by atoms with Crippen molar-refractivity contribution in [2.75, 3.05) is 0 Å². The quantitative estimate of drug-likeness (QED) is 0.670. The summed E-state index contributed by atoms with van der Waals surface area (Å²) in [4.78, 5) is 0. The predicted octanol–water partition coefficient (Wildman–Crippen LogP) is 4.79. The Hall–Kier alpha value is -0.750. The molecule has 0 saturated carbocycles. The predicted molar refractivity (Wildman–Crippen MR) is 64.6 cm³/mol. The summed E-state index contributed by atoms with van der Waals surface area (Å²) in [6.07, 6.45) is 3.37. The first kappa shape index (κ1) is 11.3. The van der Waals surface area contributed by atoms with E-state index in [9.17, 15) is 0 Å². The molecule has 0 heterocycles. The Morgan fingerprint density at radius 1 is 1.29 bits per heavy atom. The van der Waals surface area contributed by atoms with E-state index in [0.29, 0.717) is 5.92 Å². The molecule has 14 heavy (non-hydrogen) atoms. The molecule has 0 aliphatic carbocycles. The van der Waals surface area contributed by atoms with Gasteiger partial charge in [-0.3, -0.25) is 0 Å². The molecule has 0 nitrogen and oxygen atoms in total. The van der Waals surface area contributed by atoms with Crippen LogP contribution >= 0.6 is 11.6 Å². The summed E-state index contributed by atoms with van der Waals surface area (Å²) in [5.41, 5.74) is 2.69. The summed E-state index contributed by atoms with van der Waals surface area (Å²) < 4.78 is 0. The molecule has 0 aliphatic rings. The second kappa shape index (κ2) is 5.21. The summed E-state index contributed by atoms with van der Waals surface area (Å²) in [6, 6.07) is 8.07. The molecule has 0 aliphatic heterocycles. The maximum Gasteiger partial charge on any atom is 0.0406 e. The lowest BCUT2D eigenvalue weighted by atomic mass is 9.94. The van der Waals surface area contributed by atoms with Crippen LogP contribution in [0.1, 0.15) is 32.8 Å². The van der Waals surface area contributed by atoms with Crippen LogP contribution in [0.2, 0.25) is 5.02 Å². The zero-order chi connectivity index (χ0) is 10.6. The summed E-state index contributed by atoms with van der Waals surface area (Å²) in [6.45, 7) is 6.60. The van der Waals surface area contributed by atoms with Crippen LogP contribution in [-0.4, -0.2) is 0 Å². The van der Waals surface area contributed by atoms with Crippen LogP contribution in [0.15, 0.2) is 30.3 Å². The second-order valence-corrected chi connectivity index (χ2v) is 4.17. The normalized spacial score (nSPS) is 12.2. The minimum Gasteiger partial charge on any atom is -0.0843 e. The molecule has 1 heteroatoms. The lowest BCUT2D eigenvalue weighted by Gasteiger charge is -2.11. The van der Waals surface area contributed by atoms with Crippen molar-refractivity contribution in [3.8, 4) is 0 Å². The molecule has 0 spiro atoms. The molecule has 0 bridgehead atoms. The molecule has 0 N–H and O–H groups in total. The molecule has 0 amide bonds. The standard InChI is InChI=1S/C13H17Cl/c1-4-5-13(10(2)3)11-6-8-12(14)9-7-11/h5-10H,4H2,1-3H3. The van der Waals surface area contributed by atoms with Crippen LogP contribution < -0.4 is 0 Å². The zero-order valence-electron chi connectivity index (χ0n) is 9.05. The Labute approximate surface area is 91.6 Å². The Morgan fingerprint density at radius 2 is 1.86 bits per heavy atom. The lowest BCUT2D eigenvalue weighted by Crippen LogP contribution is -1.93. The van der Waals surface area contributed by atoms with E-state index in [1.807, 2.05) is 12.1 Å². The summed E-state index contributed by atoms with van der Waals surface area (Å²) in [5, 5.41) is 0.799. The number of hydrogen-bond donors (Lipinski definition) is 0. The van der Waals surface area contributed by atoms with Gasteiger partial charge in [0.25, 0.3) is 0 Å². The molecule has 0 fully saturated rings. The lowest BCUT2D eigenvalue weighted by molar-refractivity contribution is 0.850. The van der Waals surface area contributed by atoms with E-state index in [4.69, 9.17) is 11.6 Å². The van der Waals surface area contributed by atoms with Crippen LogP contribution in [0.4, 0.5) is 0 Å². The van der Waals surface area contributed by atoms with Crippen LogP contribution in [0.5, 0.6) is 0 Å². The van der Waals surface area contributed by atoms with Crippen molar-refractivity contribution in [2.24, 2.45) is 5.92 Å². The van der Waals surface area contributed by atoms with E-state index < -0.39 is 0 Å². The van der Waals surface area contributed by atoms with Crippen molar-refractivity contribution < 1.29 is 0 Å². The molecule has 0 atom stereocenters. The maximum atomic E-state index is 5.85. The van der Waals surface area contributed by atoms with E-state index in [-0.39, 0.29) is 0 Å². The summed E-state index contributed by atoms with van der Waals surface area (Å²) in [7, 11) is 0. The average molecular weight is 209 g/mol. The summed E-state index contributed by atoms with van der Waals surface area (Å²) in [5.74, 6) is 0.566. The fourth-order valence-electron chi connectivity index (χ4n) is 1.55. The van der Waals surface area contributed by atoms with Gasteiger partial charge in [0.15, 0.2) is 0 Å². The van der Waals surface area contributed by atoms with E-state index in [2.05, 4.69) is 39.0 Å². The number of hydrogen-bond acceptors (Lipinski definition) is 0. The van der Waals surface area contributed by atoms with Gasteiger partial charge in [-0.05, 0) is 35.6 Å². The van der Waals surface area contributed by atoms with Crippen molar-refractivity contribution in [1.82, 2.24) is 0 Å². The molecule has 0 aromatic heterocycles. The first-order valence-electron chi connectivity index (χ1n) is 5.11. The highest BCUT2D eigenvalue weighted by Crippen LogP contribution is 2.24. The van der Waals surface area contributed by atoms with Crippen LogP contribution in [0.3, 0.4) is 0 Å². The molecule has 0 saturated heterocycles. The molecule has 1 aromatic carbocycles. The zero-order valence-corrected chi connectivity index (χ0v) is 9.81. The minimum atomic E-state index is 0.566. The van der Waals surface area contributed by atoms with Gasteiger partial charge < -0.3 is 0 Å². The SMILES string of the molecule is CCC=C(c1ccc(Cl)cc1)C(C)C. The van der Waals surface area contributed by atoms with Gasteiger partial charge in [0.2, 0.25) is 0 Å². The number of halogens is 1. The minimum absolute atomic E-state index is 0.566. The molecular weight excluding hydrogens is 192 g/mol. The van der Waals surface area contributed by atoms with Gasteiger partial charge in [-0.2, -0.15) is 0 Å². The molecule has 1 rings (SSSR count). The number of benzene rings is 1. The van der Waals surface area contributed by atoms with Crippen molar-refractivity contribution >= 4 is 17.2 Å². The molecule has 0 unspecified atom stereocenters. The van der Waals surface area contributed by atoms with Gasteiger partial charge in [-0.1, -0.05) is 50.6 Å². The van der Waals surface area contributed by atoms with Gasteiger partial charge in [0.05, 0.1) is 0 Å². The Kier molecular flexibility index (Phi) is 4.21. The second-order valence-electron chi connectivity index (χ2n) is 3.73.